The highest BCUT2D eigenvalue weighted by atomic mass is 127. The molecule has 0 aliphatic carbocycles. The summed E-state index contributed by atoms with van der Waals surface area (Å²) in [6, 6.07) is 13.4. The number of aliphatic imine (C=N–C) groups is 1. The summed E-state index contributed by atoms with van der Waals surface area (Å²) in [6.45, 7) is 1.41. The smallest absolute Gasteiger partial charge is 0.252 e. The SMILES string of the molecule is CN(C)C(=NCc1ccccc1)NCCN(C)S(=O)(=O)c1cccs1.I. The second-order valence-electron chi connectivity index (χ2n) is 5.71. The predicted octanol–water partition coefficient (Wildman–Crippen LogP) is 2.69. The molecule has 0 unspecified atom stereocenters. The molecule has 1 aromatic heterocycles. The molecule has 0 radical (unpaired) electrons. The van der Waals surface area contributed by atoms with Crippen LogP contribution >= 0.6 is 35.3 Å². The molecule has 0 saturated carbocycles. The molecule has 0 fully saturated rings. The average Bonchev–Trinajstić information content (AvgIpc) is 3.13. The van der Waals surface area contributed by atoms with Crippen molar-refractivity contribution in [1.29, 1.82) is 0 Å². The molecule has 0 bridgehead atoms. The lowest BCUT2D eigenvalue weighted by molar-refractivity contribution is 0.466. The summed E-state index contributed by atoms with van der Waals surface area (Å²) in [5, 5.41) is 4.97. The molecule has 0 amide bonds. The van der Waals surface area contributed by atoms with Gasteiger partial charge in [0, 0.05) is 34.2 Å². The van der Waals surface area contributed by atoms with Crippen LogP contribution in [0.15, 0.2) is 57.0 Å². The highest BCUT2D eigenvalue weighted by Gasteiger charge is 2.21. The Kier molecular flexibility index (Phi) is 9.55. The van der Waals surface area contributed by atoms with Crippen LogP contribution < -0.4 is 5.32 Å². The fraction of sp³-hybridized carbons (Fsp3) is 0.353. The largest absolute Gasteiger partial charge is 0.355 e. The zero-order valence-electron chi connectivity index (χ0n) is 15.1. The summed E-state index contributed by atoms with van der Waals surface area (Å²) in [5.74, 6) is 0.728. The van der Waals surface area contributed by atoms with Gasteiger partial charge in [0.2, 0.25) is 0 Å². The molecular weight excluding hydrogens is 483 g/mol. The van der Waals surface area contributed by atoms with E-state index in [0.29, 0.717) is 23.8 Å². The van der Waals surface area contributed by atoms with Gasteiger partial charge in [-0.1, -0.05) is 36.4 Å². The van der Waals surface area contributed by atoms with Crippen LogP contribution in [0.2, 0.25) is 0 Å². The van der Waals surface area contributed by atoms with Crippen LogP contribution in [0, 0.1) is 0 Å². The molecule has 26 heavy (non-hydrogen) atoms. The standard InChI is InChI=1S/C17H24N4O2S2.HI/c1-20(2)17(19-14-15-8-5-4-6-9-15)18-11-12-21(3)25(22,23)16-10-7-13-24-16;/h4-10,13H,11-12,14H2,1-3H3,(H,18,19);1H. The Labute approximate surface area is 177 Å². The van der Waals surface area contributed by atoms with E-state index in [2.05, 4.69) is 10.3 Å². The molecule has 2 rings (SSSR count). The van der Waals surface area contributed by atoms with Crippen molar-refractivity contribution in [3.05, 3.63) is 53.4 Å². The van der Waals surface area contributed by atoms with E-state index in [1.54, 1.807) is 24.6 Å². The lowest BCUT2D eigenvalue weighted by Gasteiger charge is -2.20. The molecule has 0 spiro atoms. The van der Waals surface area contributed by atoms with Crippen LogP contribution in [0.4, 0.5) is 0 Å². The van der Waals surface area contributed by atoms with Crippen molar-refractivity contribution < 1.29 is 8.42 Å². The van der Waals surface area contributed by atoms with Gasteiger partial charge in [-0.25, -0.2) is 13.4 Å². The average molecular weight is 508 g/mol. The van der Waals surface area contributed by atoms with E-state index in [0.717, 1.165) is 11.5 Å². The summed E-state index contributed by atoms with van der Waals surface area (Å²) in [7, 11) is 1.99. The van der Waals surface area contributed by atoms with Crippen molar-refractivity contribution >= 4 is 51.3 Å². The first-order valence-electron chi connectivity index (χ1n) is 7.90. The molecule has 9 heteroatoms. The minimum atomic E-state index is -3.41. The Morgan fingerprint density at radius 1 is 1.12 bits per heavy atom. The highest BCUT2D eigenvalue weighted by molar-refractivity contribution is 14.0. The molecule has 0 saturated heterocycles. The minimum absolute atomic E-state index is 0. The van der Waals surface area contributed by atoms with Crippen LogP contribution in [-0.4, -0.2) is 57.8 Å². The first-order chi connectivity index (χ1) is 11.9. The Morgan fingerprint density at radius 3 is 2.38 bits per heavy atom. The molecule has 1 heterocycles. The number of nitrogens with zero attached hydrogens (tertiary/aromatic N) is 3. The van der Waals surface area contributed by atoms with Gasteiger partial charge in [-0.15, -0.1) is 35.3 Å². The number of sulfonamides is 1. The van der Waals surface area contributed by atoms with Gasteiger partial charge in [-0.05, 0) is 17.0 Å². The van der Waals surface area contributed by atoms with Crippen molar-refractivity contribution in [2.24, 2.45) is 4.99 Å². The lowest BCUT2D eigenvalue weighted by atomic mass is 10.2. The van der Waals surface area contributed by atoms with Gasteiger partial charge in [0.25, 0.3) is 10.0 Å². The van der Waals surface area contributed by atoms with Gasteiger partial charge in [0.05, 0.1) is 6.54 Å². The van der Waals surface area contributed by atoms with Crippen molar-refractivity contribution in [2.45, 2.75) is 10.8 Å². The first-order valence-corrected chi connectivity index (χ1v) is 10.2. The summed E-state index contributed by atoms with van der Waals surface area (Å²) < 4.78 is 26.5. The van der Waals surface area contributed by atoms with Crippen LogP contribution in [0.25, 0.3) is 0 Å². The van der Waals surface area contributed by atoms with Crippen LogP contribution in [-0.2, 0) is 16.6 Å². The predicted molar refractivity (Wildman–Crippen MR) is 119 cm³/mol. The number of hydrogen-bond acceptors (Lipinski definition) is 4. The van der Waals surface area contributed by atoms with E-state index in [1.165, 1.54) is 15.6 Å². The third-order valence-corrected chi connectivity index (χ3v) is 6.78. The summed E-state index contributed by atoms with van der Waals surface area (Å²) in [5.41, 5.74) is 1.13. The van der Waals surface area contributed by atoms with Gasteiger partial charge >= 0.3 is 0 Å². The minimum Gasteiger partial charge on any atom is -0.355 e. The van der Waals surface area contributed by atoms with Crippen molar-refractivity contribution in [1.82, 2.24) is 14.5 Å². The fourth-order valence-corrected chi connectivity index (χ4v) is 4.49. The fourth-order valence-electron chi connectivity index (χ4n) is 2.11. The number of nitrogens with one attached hydrogen (secondary N) is 1. The van der Waals surface area contributed by atoms with Crippen molar-refractivity contribution in [2.75, 3.05) is 34.2 Å². The Morgan fingerprint density at radius 2 is 1.81 bits per heavy atom. The van der Waals surface area contributed by atoms with Gasteiger partial charge in [0.15, 0.2) is 5.96 Å². The molecular formula is C17H25IN4O2S2. The molecule has 0 aliphatic heterocycles. The molecule has 144 valence electrons. The van der Waals surface area contributed by atoms with Crippen LogP contribution in [0.5, 0.6) is 0 Å². The highest BCUT2D eigenvalue weighted by Crippen LogP contribution is 2.19. The normalized spacial score (nSPS) is 11.9. The Balaban J connectivity index is 0.00000338. The van der Waals surface area contributed by atoms with Crippen LogP contribution in [0.3, 0.4) is 0 Å². The monoisotopic (exact) mass is 508 g/mol. The van der Waals surface area contributed by atoms with Crippen LogP contribution in [0.1, 0.15) is 5.56 Å². The number of benzene rings is 1. The number of thiophene rings is 1. The second-order valence-corrected chi connectivity index (χ2v) is 8.92. The van der Waals surface area contributed by atoms with Gasteiger partial charge in [-0.2, -0.15) is 4.31 Å². The van der Waals surface area contributed by atoms with Crippen molar-refractivity contribution in [3.63, 3.8) is 0 Å². The Hall–Kier alpha value is -1.17. The topological polar surface area (TPSA) is 65.0 Å². The number of rotatable bonds is 7. The third-order valence-electron chi connectivity index (χ3n) is 3.55. The zero-order chi connectivity index (χ0) is 18.3. The number of likely N-dealkylation sites (N-methyl/N-ethyl adjacent to an activating group) is 1. The molecule has 6 nitrogen and oxygen atoms in total. The van der Waals surface area contributed by atoms with E-state index in [1.807, 2.05) is 49.3 Å². The molecule has 1 aromatic carbocycles. The van der Waals surface area contributed by atoms with Gasteiger partial charge < -0.3 is 10.2 Å². The lowest BCUT2D eigenvalue weighted by Crippen LogP contribution is -2.41. The maximum absolute atomic E-state index is 12.4. The number of halogens is 1. The number of guanidine groups is 1. The van der Waals surface area contributed by atoms with Gasteiger partial charge in [-0.3, -0.25) is 0 Å². The van der Waals surface area contributed by atoms with E-state index >= 15 is 0 Å². The van der Waals surface area contributed by atoms with Gasteiger partial charge in [0.1, 0.15) is 4.21 Å². The van der Waals surface area contributed by atoms with E-state index in [9.17, 15) is 8.42 Å². The van der Waals surface area contributed by atoms with E-state index < -0.39 is 10.0 Å². The maximum atomic E-state index is 12.4. The maximum Gasteiger partial charge on any atom is 0.252 e. The Bertz CT molecular complexity index is 778. The summed E-state index contributed by atoms with van der Waals surface area (Å²) in [4.78, 5) is 6.45. The summed E-state index contributed by atoms with van der Waals surface area (Å²) >= 11 is 1.23. The summed E-state index contributed by atoms with van der Waals surface area (Å²) in [6.07, 6.45) is 0. The zero-order valence-corrected chi connectivity index (χ0v) is 19.1. The molecule has 1 N–H and O–H groups in total. The van der Waals surface area contributed by atoms with Crippen molar-refractivity contribution in [3.8, 4) is 0 Å². The van der Waals surface area contributed by atoms with E-state index in [-0.39, 0.29) is 24.0 Å². The molecule has 2 aromatic rings. The molecule has 0 atom stereocenters. The number of hydrogen-bond donors (Lipinski definition) is 1. The molecule has 0 aliphatic rings. The third kappa shape index (κ3) is 6.53. The van der Waals surface area contributed by atoms with E-state index in [4.69, 9.17) is 0 Å². The quantitative estimate of drug-likeness (QED) is 0.355. The first kappa shape index (κ1) is 22.9. The second kappa shape index (κ2) is 10.9.